The molecular formula is C21H18ClNO2S2. The van der Waals surface area contributed by atoms with Crippen LogP contribution in [0, 0.1) is 6.92 Å². The van der Waals surface area contributed by atoms with Crippen molar-refractivity contribution in [3.05, 3.63) is 80.6 Å². The Balaban J connectivity index is 1.81. The minimum absolute atomic E-state index is 0.202. The number of halogens is 1. The van der Waals surface area contributed by atoms with E-state index in [1.807, 2.05) is 43.3 Å². The molecule has 3 nitrogen and oxygen atoms in total. The topological polar surface area (TPSA) is 46.2 Å². The maximum absolute atomic E-state index is 12.8. The highest BCUT2D eigenvalue weighted by Gasteiger charge is 2.25. The molecule has 0 bridgehead atoms. The SMILES string of the molecule is Cc1ccc(NC(=O)C(C(=O)/C=C/c2ccc(Cl)cc2)=C2SCCS2)cc1. The molecule has 0 saturated carbocycles. The Morgan fingerprint density at radius 1 is 1.00 bits per heavy atom. The second-order valence-corrected chi connectivity index (χ2v) is 8.83. The number of carbonyl (C=O) groups is 2. The lowest BCUT2D eigenvalue weighted by atomic mass is 10.1. The lowest BCUT2D eigenvalue weighted by Gasteiger charge is -2.09. The molecule has 6 heteroatoms. The maximum atomic E-state index is 12.8. The Morgan fingerprint density at radius 2 is 1.63 bits per heavy atom. The molecule has 2 aromatic rings. The number of nitrogens with one attached hydrogen (secondary N) is 1. The average Bonchev–Trinajstić information content (AvgIpc) is 3.17. The average molecular weight is 416 g/mol. The van der Waals surface area contributed by atoms with E-state index in [1.54, 1.807) is 41.7 Å². The molecular weight excluding hydrogens is 398 g/mol. The molecule has 1 N–H and O–H groups in total. The van der Waals surface area contributed by atoms with Crippen molar-refractivity contribution in [1.29, 1.82) is 0 Å². The smallest absolute Gasteiger partial charge is 0.261 e. The number of rotatable bonds is 5. The van der Waals surface area contributed by atoms with Gasteiger partial charge < -0.3 is 5.32 Å². The van der Waals surface area contributed by atoms with E-state index in [0.29, 0.717) is 10.7 Å². The molecule has 1 aliphatic heterocycles. The van der Waals surface area contributed by atoms with Crippen LogP contribution in [0.25, 0.3) is 6.08 Å². The monoisotopic (exact) mass is 415 g/mol. The second-order valence-electron chi connectivity index (χ2n) is 5.93. The number of benzene rings is 2. The molecule has 1 fully saturated rings. The zero-order valence-electron chi connectivity index (χ0n) is 14.7. The molecule has 1 amide bonds. The van der Waals surface area contributed by atoms with Crippen molar-refractivity contribution in [2.75, 3.05) is 16.8 Å². The number of thioether (sulfide) groups is 2. The third-order valence-electron chi connectivity index (χ3n) is 3.83. The second kappa shape index (κ2) is 9.31. The molecule has 27 heavy (non-hydrogen) atoms. The van der Waals surface area contributed by atoms with Gasteiger partial charge in [-0.1, -0.05) is 47.5 Å². The van der Waals surface area contributed by atoms with E-state index in [0.717, 1.165) is 26.9 Å². The van der Waals surface area contributed by atoms with Gasteiger partial charge in [-0.2, -0.15) is 0 Å². The maximum Gasteiger partial charge on any atom is 0.261 e. The molecule has 1 saturated heterocycles. The lowest BCUT2D eigenvalue weighted by Crippen LogP contribution is -2.20. The van der Waals surface area contributed by atoms with E-state index < -0.39 is 0 Å². The van der Waals surface area contributed by atoms with Gasteiger partial charge in [-0.25, -0.2) is 0 Å². The van der Waals surface area contributed by atoms with Crippen LogP contribution in [0.5, 0.6) is 0 Å². The van der Waals surface area contributed by atoms with Gasteiger partial charge in [0.2, 0.25) is 0 Å². The number of hydrogen-bond acceptors (Lipinski definition) is 4. The minimum atomic E-state index is -0.374. The van der Waals surface area contributed by atoms with Crippen LogP contribution in [-0.2, 0) is 9.59 Å². The molecule has 3 rings (SSSR count). The molecule has 0 atom stereocenters. The van der Waals surface area contributed by atoms with Crippen LogP contribution in [0.4, 0.5) is 5.69 Å². The summed E-state index contributed by atoms with van der Waals surface area (Å²) >= 11 is 8.99. The molecule has 0 radical (unpaired) electrons. The van der Waals surface area contributed by atoms with Crippen molar-refractivity contribution < 1.29 is 9.59 Å². The van der Waals surface area contributed by atoms with Crippen LogP contribution in [0.1, 0.15) is 11.1 Å². The Labute approximate surface area is 172 Å². The number of anilines is 1. The van der Waals surface area contributed by atoms with Crippen molar-refractivity contribution in [3.63, 3.8) is 0 Å². The fraction of sp³-hybridized carbons (Fsp3) is 0.143. The molecule has 2 aromatic carbocycles. The van der Waals surface area contributed by atoms with Gasteiger partial charge in [-0.05, 0) is 42.8 Å². The Bertz CT molecular complexity index is 895. The summed E-state index contributed by atoms with van der Waals surface area (Å²) in [6.45, 7) is 1.98. The third-order valence-corrected chi connectivity index (χ3v) is 6.80. The Morgan fingerprint density at radius 3 is 2.26 bits per heavy atom. The van der Waals surface area contributed by atoms with Crippen molar-refractivity contribution in [1.82, 2.24) is 0 Å². The standard InChI is InChI=1S/C21H18ClNO2S2/c1-14-2-9-17(10-3-14)23-20(25)19(21-26-12-13-27-21)18(24)11-6-15-4-7-16(22)8-5-15/h2-11H,12-13H2,1H3,(H,23,25)/b11-6+. The number of ketones is 1. The van der Waals surface area contributed by atoms with Gasteiger partial charge in [0.05, 0.1) is 4.24 Å². The summed E-state index contributed by atoms with van der Waals surface area (Å²) in [5, 5.41) is 3.47. The normalized spacial score (nSPS) is 13.8. The zero-order chi connectivity index (χ0) is 19.2. The molecule has 138 valence electrons. The van der Waals surface area contributed by atoms with Crippen LogP contribution in [0.3, 0.4) is 0 Å². The number of carbonyl (C=O) groups excluding carboxylic acids is 2. The van der Waals surface area contributed by atoms with Crippen LogP contribution in [0.2, 0.25) is 5.02 Å². The van der Waals surface area contributed by atoms with E-state index >= 15 is 0 Å². The third kappa shape index (κ3) is 5.51. The molecule has 0 unspecified atom stereocenters. The van der Waals surface area contributed by atoms with E-state index in [1.165, 1.54) is 6.08 Å². The Hall–Kier alpha value is -1.95. The highest BCUT2D eigenvalue weighted by atomic mass is 35.5. The van der Waals surface area contributed by atoms with Crippen LogP contribution in [-0.4, -0.2) is 23.2 Å². The summed E-state index contributed by atoms with van der Waals surface area (Å²) in [6.07, 6.45) is 3.14. The minimum Gasteiger partial charge on any atom is -0.322 e. The summed E-state index contributed by atoms with van der Waals surface area (Å²) < 4.78 is 0.783. The van der Waals surface area contributed by atoms with Gasteiger partial charge in [0.25, 0.3) is 5.91 Å². The highest BCUT2D eigenvalue weighted by Crippen LogP contribution is 2.39. The first-order valence-electron chi connectivity index (χ1n) is 8.39. The molecule has 0 spiro atoms. The predicted molar refractivity (Wildman–Crippen MR) is 117 cm³/mol. The van der Waals surface area contributed by atoms with Crippen LogP contribution >= 0.6 is 35.1 Å². The summed E-state index contributed by atoms with van der Waals surface area (Å²) in [5.41, 5.74) is 2.83. The predicted octanol–water partition coefficient (Wildman–Crippen LogP) is 5.56. The van der Waals surface area contributed by atoms with E-state index in [9.17, 15) is 9.59 Å². The first-order chi connectivity index (χ1) is 13.0. The van der Waals surface area contributed by atoms with Crippen LogP contribution < -0.4 is 5.32 Å². The summed E-state index contributed by atoms with van der Waals surface area (Å²) in [5.74, 6) is 1.12. The van der Waals surface area contributed by atoms with Crippen molar-refractivity contribution in [2.45, 2.75) is 6.92 Å². The van der Waals surface area contributed by atoms with Gasteiger partial charge in [-0.15, -0.1) is 23.5 Å². The molecule has 0 aromatic heterocycles. The molecule has 1 aliphatic rings. The number of amides is 1. The van der Waals surface area contributed by atoms with Crippen LogP contribution in [0.15, 0.2) is 64.4 Å². The highest BCUT2D eigenvalue weighted by molar-refractivity contribution is 8.25. The first kappa shape index (κ1) is 19.8. The Kier molecular flexibility index (Phi) is 6.83. The van der Waals surface area contributed by atoms with E-state index in [-0.39, 0.29) is 17.3 Å². The number of hydrogen-bond donors (Lipinski definition) is 1. The van der Waals surface area contributed by atoms with E-state index in [4.69, 9.17) is 11.6 Å². The number of aryl methyl sites for hydroxylation is 1. The summed E-state index contributed by atoms with van der Waals surface area (Å²) in [6, 6.07) is 14.7. The first-order valence-corrected chi connectivity index (χ1v) is 10.7. The summed E-state index contributed by atoms with van der Waals surface area (Å²) in [4.78, 5) is 25.6. The van der Waals surface area contributed by atoms with Crippen molar-refractivity contribution >= 4 is 58.6 Å². The fourth-order valence-corrected chi connectivity index (χ4v) is 5.09. The van der Waals surface area contributed by atoms with Gasteiger partial charge in [0.1, 0.15) is 5.57 Å². The quantitative estimate of drug-likeness (QED) is 0.394. The fourth-order valence-electron chi connectivity index (χ4n) is 2.42. The van der Waals surface area contributed by atoms with E-state index in [2.05, 4.69) is 5.32 Å². The lowest BCUT2D eigenvalue weighted by molar-refractivity contribution is -0.117. The van der Waals surface area contributed by atoms with Gasteiger partial charge in [0.15, 0.2) is 5.78 Å². The van der Waals surface area contributed by atoms with Gasteiger partial charge in [-0.3, -0.25) is 9.59 Å². The summed E-state index contributed by atoms with van der Waals surface area (Å²) in [7, 11) is 0. The molecule has 1 heterocycles. The molecule has 0 aliphatic carbocycles. The van der Waals surface area contributed by atoms with Crippen molar-refractivity contribution in [3.8, 4) is 0 Å². The van der Waals surface area contributed by atoms with Crippen molar-refractivity contribution in [2.24, 2.45) is 0 Å². The largest absolute Gasteiger partial charge is 0.322 e. The van der Waals surface area contributed by atoms with Gasteiger partial charge in [0, 0.05) is 22.2 Å². The van der Waals surface area contributed by atoms with Gasteiger partial charge >= 0.3 is 0 Å². The zero-order valence-corrected chi connectivity index (χ0v) is 17.1. The number of allylic oxidation sites excluding steroid dienone is 1.